The van der Waals surface area contributed by atoms with Crippen LogP contribution in [0, 0.1) is 5.92 Å². The van der Waals surface area contributed by atoms with Gasteiger partial charge >= 0.3 is 0 Å². The van der Waals surface area contributed by atoms with E-state index in [1.807, 2.05) is 0 Å². The summed E-state index contributed by atoms with van der Waals surface area (Å²) in [6, 6.07) is 5.18. The molecular formula is C18H25ClN2O4. The smallest absolute Gasteiger partial charge is 0.225 e. The molecule has 2 aliphatic heterocycles. The number of piperidine rings is 1. The van der Waals surface area contributed by atoms with Crippen molar-refractivity contribution in [1.82, 2.24) is 4.90 Å². The molecule has 0 aliphatic carbocycles. The second-order valence-corrected chi connectivity index (χ2v) is 6.87. The van der Waals surface area contributed by atoms with E-state index in [9.17, 15) is 4.79 Å². The highest BCUT2D eigenvalue weighted by molar-refractivity contribution is 6.31. The summed E-state index contributed by atoms with van der Waals surface area (Å²) >= 11 is 5.99. The maximum atomic E-state index is 12.2. The summed E-state index contributed by atoms with van der Waals surface area (Å²) in [5, 5.41) is 3.44. The Morgan fingerprint density at radius 2 is 2.04 bits per heavy atom. The van der Waals surface area contributed by atoms with E-state index >= 15 is 0 Å². The highest BCUT2D eigenvalue weighted by Gasteiger charge is 2.30. The van der Waals surface area contributed by atoms with Gasteiger partial charge in [0.05, 0.1) is 26.0 Å². The van der Waals surface area contributed by atoms with Crippen molar-refractivity contribution >= 4 is 23.2 Å². The van der Waals surface area contributed by atoms with Crippen LogP contribution in [0.25, 0.3) is 0 Å². The van der Waals surface area contributed by atoms with Gasteiger partial charge in [-0.25, -0.2) is 0 Å². The Labute approximate surface area is 153 Å². The Bertz CT molecular complexity index is 584. The van der Waals surface area contributed by atoms with Crippen LogP contribution in [0.1, 0.15) is 19.3 Å². The lowest BCUT2D eigenvalue weighted by Gasteiger charge is -2.33. The van der Waals surface area contributed by atoms with Crippen LogP contribution in [0.2, 0.25) is 5.02 Å². The Morgan fingerprint density at radius 3 is 2.72 bits per heavy atom. The van der Waals surface area contributed by atoms with E-state index < -0.39 is 0 Å². The first-order valence-electron chi connectivity index (χ1n) is 8.74. The van der Waals surface area contributed by atoms with Gasteiger partial charge in [-0.05, 0) is 44.1 Å². The number of carbonyl (C=O) groups is 1. The van der Waals surface area contributed by atoms with E-state index in [0.717, 1.165) is 32.5 Å². The third-order valence-electron chi connectivity index (χ3n) is 4.76. The zero-order chi connectivity index (χ0) is 17.6. The molecule has 138 valence electrons. The second kappa shape index (κ2) is 8.85. The summed E-state index contributed by atoms with van der Waals surface area (Å²) in [6.07, 6.45) is 2.51. The molecule has 25 heavy (non-hydrogen) atoms. The molecular weight excluding hydrogens is 344 g/mol. The van der Waals surface area contributed by atoms with Crippen LogP contribution >= 0.6 is 11.6 Å². The van der Waals surface area contributed by atoms with E-state index in [0.29, 0.717) is 42.0 Å². The van der Waals surface area contributed by atoms with E-state index in [1.165, 1.54) is 0 Å². The molecule has 6 nitrogen and oxygen atoms in total. The number of nitrogens with one attached hydrogen (secondary N) is 1. The third kappa shape index (κ3) is 5.07. The van der Waals surface area contributed by atoms with Gasteiger partial charge in [0, 0.05) is 23.9 Å². The first-order valence-corrected chi connectivity index (χ1v) is 9.12. The van der Waals surface area contributed by atoms with Crippen molar-refractivity contribution in [1.29, 1.82) is 0 Å². The first kappa shape index (κ1) is 18.5. The minimum Gasteiger partial charge on any atom is -0.495 e. The Morgan fingerprint density at radius 1 is 1.32 bits per heavy atom. The number of hydrogen-bond donors (Lipinski definition) is 1. The van der Waals surface area contributed by atoms with Crippen molar-refractivity contribution in [3.63, 3.8) is 0 Å². The first-order chi connectivity index (χ1) is 12.2. The quantitative estimate of drug-likeness (QED) is 0.836. The average molecular weight is 369 g/mol. The summed E-state index contributed by atoms with van der Waals surface area (Å²) in [5.74, 6) is 1.04. The minimum absolute atomic E-state index is 0.0271. The number of rotatable bonds is 6. The molecule has 0 aromatic heterocycles. The zero-order valence-corrected chi connectivity index (χ0v) is 15.3. The number of benzene rings is 1. The number of hydrogen-bond acceptors (Lipinski definition) is 5. The molecule has 3 rings (SSSR count). The summed E-state index contributed by atoms with van der Waals surface area (Å²) in [7, 11) is 1.57. The van der Waals surface area contributed by atoms with Crippen molar-refractivity contribution in [2.75, 3.05) is 45.3 Å². The Kier molecular flexibility index (Phi) is 6.53. The molecule has 7 heteroatoms. The molecule has 2 saturated heterocycles. The molecule has 2 heterocycles. The van der Waals surface area contributed by atoms with Crippen molar-refractivity contribution in [2.45, 2.75) is 25.6 Å². The molecule has 0 saturated carbocycles. The summed E-state index contributed by atoms with van der Waals surface area (Å²) in [4.78, 5) is 14.6. The predicted molar refractivity (Wildman–Crippen MR) is 96.1 cm³/mol. The van der Waals surface area contributed by atoms with Gasteiger partial charge in [-0.1, -0.05) is 11.6 Å². The number of halogens is 1. The molecule has 1 aromatic rings. The minimum atomic E-state index is -0.0369. The van der Waals surface area contributed by atoms with Crippen LogP contribution in [0.3, 0.4) is 0 Å². The number of carbonyl (C=O) groups excluding carboxylic acids is 1. The summed E-state index contributed by atoms with van der Waals surface area (Å²) in [6.45, 7) is 4.10. The Balaban J connectivity index is 1.42. The zero-order valence-electron chi connectivity index (χ0n) is 14.5. The lowest BCUT2D eigenvalue weighted by Crippen LogP contribution is -2.39. The average Bonchev–Trinajstić information content (AvgIpc) is 3.15. The number of likely N-dealkylation sites (tertiary alicyclic amines) is 1. The van der Waals surface area contributed by atoms with Gasteiger partial charge in [-0.3, -0.25) is 4.79 Å². The second-order valence-electron chi connectivity index (χ2n) is 6.43. The third-order valence-corrected chi connectivity index (χ3v) is 4.99. The number of amides is 1. The fourth-order valence-electron chi connectivity index (χ4n) is 3.35. The molecule has 0 bridgehead atoms. The molecule has 1 amide bonds. The highest BCUT2D eigenvalue weighted by atomic mass is 35.5. The van der Waals surface area contributed by atoms with Crippen molar-refractivity contribution < 1.29 is 19.0 Å². The molecule has 1 aromatic carbocycles. The molecule has 0 radical (unpaired) electrons. The van der Waals surface area contributed by atoms with E-state index in [1.54, 1.807) is 25.3 Å². The van der Waals surface area contributed by atoms with Crippen molar-refractivity contribution in [3.8, 4) is 5.75 Å². The largest absolute Gasteiger partial charge is 0.495 e. The van der Waals surface area contributed by atoms with Gasteiger partial charge in [0.25, 0.3) is 0 Å². The van der Waals surface area contributed by atoms with Gasteiger partial charge in [-0.15, -0.1) is 0 Å². The number of methoxy groups -OCH3 is 1. The summed E-state index contributed by atoms with van der Waals surface area (Å²) < 4.78 is 16.4. The van der Waals surface area contributed by atoms with E-state index in [4.69, 9.17) is 25.8 Å². The topological polar surface area (TPSA) is 60.0 Å². The maximum Gasteiger partial charge on any atom is 0.225 e. The fraction of sp³-hybridized carbons (Fsp3) is 0.611. The molecule has 1 N–H and O–H groups in total. The molecule has 2 aliphatic rings. The predicted octanol–water partition coefficient (Wildman–Crippen LogP) is 2.76. The van der Waals surface area contributed by atoms with Gasteiger partial charge in [0.1, 0.15) is 5.75 Å². The monoisotopic (exact) mass is 368 g/mol. The summed E-state index contributed by atoms with van der Waals surface area (Å²) in [5.41, 5.74) is 0.606. The van der Waals surface area contributed by atoms with Gasteiger partial charge in [0.2, 0.25) is 5.91 Å². The van der Waals surface area contributed by atoms with Crippen LogP contribution in [0.15, 0.2) is 18.2 Å². The molecule has 2 fully saturated rings. The van der Waals surface area contributed by atoms with Crippen LogP contribution in [0.5, 0.6) is 5.75 Å². The van der Waals surface area contributed by atoms with E-state index in [2.05, 4.69) is 10.2 Å². The molecule has 0 atom stereocenters. The normalized spacial score (nSPS) is 19.9. The van der Waals surface area contributed by atoms with Crippen molar-refractivity contribution in [3.05, 3.63) is 23.2 Å². The fourth-order valence-corrected chi connectivity index (χ4v) is 3.52. The number of anilines is 1. The number of ether oxygens (including phenoxy) is 3. The van der Waals surface area contributed by atoms with Crippen molar-refractivity contribution in [2.24, 2.45) is 5.92 Å². The van der Waals surface area contributed by atoms with E-state index in [-0.39, 0.29) is 12.2 Å². The Hall–Kier alpha value is -1.34. The van der Waals surface area contributed by atoms with Crippen LogP contribution in [-0.2, 0) is 14.3 Å². The highest BCUT2D eigenvalue weighted by Crippen LogP contribution is 2.28. The van der Waals surface area contributed by atoms with Gasteiger partial charge in [-0.2, -0.15) is 0 Å². The maximum absolute atomic E-state index is 12.2. The lowest BCUT2D eigenvalue weighted by molar-refractivity contribution is -0.117. The van der Waals surface area contributed by atoms with Crippen LogP contribution < -0.4 is 10.1 Å². The SMILES string of the molecule is COc1ccc(Cl)cc1NC(=O)CCN1CCC(C2OCCO2)CC1. The lowest BCUT2D eigenvalue weighted by atomic mass is 9.96. The van der Waals surface area contributed by atoms with Crippen LogP contribution in [-0.4, -0.2) is 57.1 Å². The molecule has 0 unspecified atom stereocenters. The van der Waals surface area contributed by atoms with Gasteiger partial charge in [0.15, 0.2) is 6.29 Å². The standard InChI is InChI=1S/C18H25ClN2O4/c1-23-16-3-2-14(19)12-15(16)20-17(22)6-9-21-7-4-13(5-8-21)18-24-10-11-25-18/h2-3,12-13,18H,4-11H2,1H3,(H,20,22). The molecule has 0 spiro atoms. The number of nitrogens with zero attached hydrogens (tertiary/aromatic N) is 1. The van der Waals surface area contributed by atoms with Gasteiger partial charge < -0.3 is 24.4 Å². The van der Waals surface area contributed by atoms with Crippen LogP contribution in [0.4, 0.5) is 5.69 Å².